The van der Waals surface area contributed by atoms with Crippen molar-refractivity contribution in [1.29, 1.82) is 0 Å². The van der Waals surface area contributed by atoms with Gasteiger partial charge in [0.15, 0.2) is 8.68 Å². The lowest BCUT2D eigenvalue weighted by molar-refractivity contribution is 0.603. The zero-order chi connectivity index (χ0) is 14.8. The van der Waals surface area contributed by atoms with Crippen molar-refractivity contribution in [1.82, 2.24) is 4.98 Å². The number of aromatic nitrogens is 1. The van der Waals surface area contributed by atoms with Gasteiger partial charge in [-0.2, -0.15) is 0 Å². The molecule has 0 bridgehead atoms. The summed E-state index contributed by atoms with van der Waals surface area (Å²) in [5, 5.41) is 0. The van der Waals surface area contributed by atoms with Gasteiger partial charge in [0.25, 0.3) is 10.0 Å². The lowest BCUT2D eigenvalue weighted by Crippen LogP contribution is -2.11. The maximum Gasteiger partial charge on any atom is 0.273 e. The zero-order valence-electron chi connectivity index (χ0n) is 11.1. The molecule has 0 fully saturated rings. The predicted octanol–water partition coefficient (Wildman–Crippen LogP) is 4.11. The van der Waals surface area contributed by atoms with Crippen LogP contribution in [0, 0.1) is 0 Å². The van der Waals surface area contributed by atoms with E-state index >= 15 is 0 Å². The fourth-order valence-corrected chi connectivity index (χ4v) is 4.04. The Hall–Kier alpha value is -1.11. The first-order chi connectivity index (χ1) is 9.42. The first-order valence-electron chi connectivity index (χ1n) is 6.16. The highest BCUT2D eigenvalue weighted by Gasteiger charge is 2.17. The number of hydrogen-bond donors (Lipinski definition) is 1. The van der Waals surface area contributed by atoms with Crippen molar-refractivity contribution in [2.75, 3.05) is 4.72 Å². The minimum absolute atomic E-state index is 0.105. The van der Waals surface area contributed by atoms with Gasteiger partial charge in [0.05, 0.1) is 6.20 Å². The molecule has 20 heavy (non-hydrogen) atoms. The normalized spacial score (nSPS) is 13.2. The second-order valence-electron chi connectivity index (χ2n) is 4.47. The molecule has 2 rings (SSSR count). The van der Waals surface area contributed by atoms with E-state index < -0.39 is 10.0 Å². The molecule has 0 radical (unpaired) electrons. The zero-order valence-corrected chi connectivity index (χ0v) is 13.5. The quantitative estimate of drug-likeness (QED) is 0.897. The van der Waals surface area contributed by atoms with E-state index in [0.717, 1.165) is 17.8 Å². The Balaban J connectivity index is 2.18. The van der Waals surface area contributed by atoms with Gasteiger partial charge < -0.3 is 0 Å². The van der Waals surface area contributed by atoms with Crippen LogP contribution in [-0.2, 0) is 10.0 Å². The third kappa shape index (κ3) is 3.50. The molecule has 0 aliphatic rings. The van der Waals surface area contributed by atoms with Gasteiger partial charge in [-0.25, -0.2) is 13.4 Å². The van der Waals surface area contributed by atoms with Crippen LogP contribution in [0.1, 0.15) is 31.7 Å². The Morgan fingerprint density at radius 2 is 2.00 bits per heavy atom. The molecule has 2 aromatic rings. The van der Waals surface area contributed by atoms with Crippen LogP contribution in [0.25, 0.3) is 0 Å². The smallest absolute Gasteiger partial charge is 0.273 e. The molecule has 1 atom stereocenters. The third-order valence-corrected chi connectivity index (χ3v) is 6.02. The second kappa shape index (κ2) is 6.11. The largest absolute Gasteiger partial charge is 0.279 e. The molecule has 1 N–H and O–H groups in total. The molecule has 4 nitrogen and oxygen atoms in total. The molecule has 1 heterocycles. The molecule has 0 aliphatic carbocycles. The van der Waals surface area contributed by atoms with Crippen LogP contribution in [0.5, 0.6) is 0 Å². The van der Waals surface area contributed by atoms with Gasteiger partial charge in [-0.05, 0) is 30.0 Å². The molecule has 108 valence electrons. The van der Waals surface area contributed by atoms with Crippen LogP contribution < -0.4 is 4.72 Å². The average Bonchev–Trinajstić information content (AvgIpc) is 2.86. The maximum absolute atomic E-state index is 12.1. The first-order valence-corrected chi connectivity index (χ1v) is 8.84. The highest BCUT2D eigenvalue weighted by atomic mass is 35.5. The maximum atomic E-state index is 12.1. The molecule has 0 saturated carbocycles. The summed E-state index contributed by atoms with van der Waals surface area (Å²) in [6.45, 7) is 4.26. The van der Waals surface area contributed by atoms with Crippen LogP contribution in [0.4, 0.5) is 5.69 Å². The standard InChI is InChI=1S/C13H15ClN2O2S2/c1-3-9(2)10-4-6-11(7-5-10)16-20(17,18)12-8-15-13(14)19-12/h4-9,16H,3H2,1-2H3. The summed E-state index contributed by atoms with van der Waals surface area (Å²) in [5.74, 6) is 0.459. The number of halogens is 1. The predicted molar refractivity (Wildman–Crippen MR) is 83.1 cm³/mol. The molecule has 0 saturated heterocycles. The number of sulfonamides is 1. The van der Waals surface area contributed by atoms with E-state index in [4.69, 9.17) is 11.6 Å². The number of thiazole rings is 1. The van der Waals surface area contributed by atoms with Crippen molar-refractivity contribution in [3.63, 3.8) is 0 Å². The summed E-state index contributed by atoms with van der Waals surface area (Å²) >= 11 is 6.59. The number of benzene rings is 1. The summed E-state index contributed by atoms with van der Waals surface area (Å²) in [6.07, 6.45) is 2.30. The number of hydrogen-bond acceptors (Lipinski definition) is 4. The Morgan fingerprint density at radius 3 is 2.50 bits per heavy atom. The molecule has 1 aromatic carbocycles. The summed E-state index contributed by atoms with van der Waals surface area (Å²) < 4.78 is 27.0. The second-order valence-corrected chi connectivity index (χ2v) is 7.99. The van der Waals surface area contributed by atoms with Gasteiger partial charge >= 0.3 is 0 Å². The monoisotopic (exact) mass is 330 g/mol. The number of anilines is 1. The van der Waals surface area contributed by atoms with Crippen molar-refractivity contribution >= 4 is 38.6 Å². The lowest BCUT2D eigenvalue weighted by atomic mass is 9.99. The van der Waals surface area contributed by atoms with Crippen LogP contribution in [0.3, 0.4) is 0 Å². The van der Waals surface area contributed by atoms with Gasteiger partial charge in [0.1, 0.15) is 0 Å². The molecule has 1 unspecified atom stereocenters. The molecule has 0 amide bonds. The Bertz CT molecular complexity index is 681. The van der Waals surface area contributed by atoms with Crippen LogP contribution >= 0.6 is 22.9 Å². The summed E-state index contributed by atoms with van der Waals surface area (Å²) in [4.78, 5) is 3.74. The molecule has 7 heteroatoms. The van der Waals surface area contributed by atoms with Crippen molar-refractivity contribution < 1.29 is 8.42 Å². The van der Waals surface area contributed by atoms with Crippen molar-refractivity contribution in [2.24, 2.45) is 0 Å². The van der Waals surface area contributed by atoms with Gasteiger partial charge in [-0.15, -0.1) is 0 Å². The Labute approximate surface area is 127 Å². The van der Waals surface area contributed by atoms with Crippen molar-refractivity contribution in [2.45, 2.75) is 30.4 Å². The van der Waals surface area contributed by atoms with E-state index in [2.05, 4.69) is 23.6 Å². The number of nitrogens with one attached hydrogen (secondary N) is 1. The van der Waals surface area contributed by atoms with E-state index in [-0.39, 0.29) is 8.68 Å². The number of nitrogens with zero attached hydrogens (tertiary/aromatic N) is 1. The number of rotatable bonds is 5. The van der Waals surface area contributed by atoms with Gasteiger partial charge in [-0.3, -0.25) is 4.72 Å². The minimum atomic E-state index is -3.61. The SMILES string of the molecule is CCC(C)c1ccc(NS(=O)(=O)c2cnc(Cl)s2)cc1. The highest BCUT2D eigenvalue weighted by molar-refractivity contribution is 7.94. The Kier molecular flexibility index (Phi) is 4.67. The first kappa shape index (κ1) is 15.3. The molecule has 1 aromatic heterocycles. The van der Waals surface area contributed by atoms with E-state index in [1.165, 1.54) is 11.8 Å². The van der Waals surface area contributed by atoms with Crippen LogP contribution in [0.2, 0.25) is 4.47 Å². The topological polar surface area (TPSA) is 59.1 Å². The van der Waals surface area contributed by atoms with Crippen LogP contribution in [0.15, 0.2) is 34.7 Å². The van der Waals surface area contributed by atoms with E-state index in [1.807, 2.05) is 12.1 Å². The molecular formula is C13H15ClN2O2S2. The van der Waals surface area contributed by atoms with Gasteiger partial charge in [0, 0.05) is 5.69 Å². The lowest BCUT2D eigenvalue weighted by Gasteiger charge is -2.10. The van der Waals surface area contributed by atoms with E-state index in [9.17, 15) is 8.42 Å². The molecule has 0 spiro atoms. The fourth-order valence-electron chi connectivity index (χ4n) is 1.68. The van der Waals surface area contributed by atoms with Gasteiger partial charge in [0.2, 0.25) is 0 Å². The summed E-state index contributed by atoms with van der Waals surface area (Å²) in [7, 11) is -3.61. The van der Waals surface area contributed by atoms with Crippen LogP contribution in [-0.4, -0.2) is 13.4 Å². The molecular weight excluding hydrogens is 316 g/mol. The molecule has 0 aliphatic heterocycles. The fraction of sp³-hybridized carbons (Fsp3) is 0.308. The Morgan fingerprint density at radius 1 is 1.35 bits per heavy atom. The highest BCUT2D eigenvalue weighted by Crippen LogP contribution is 2.26. The van der Waals surface area contributed by atoms with E-state index in [1.54, 1.807) is 12.1 Å². The van der Waals surface area contributed by atoms with Crippen molar-refractivity contribution in [3.8, 4) is 0 Å². The summed E-state index contributed by atoms with van der Waals surface area (Å²) in [5.41, 5.74) is 1.72. The summed E-state index contributed by atoms with van der Waals surface area (Å²) in [6, 6.07) is 7.40. The van der Waals surface area contributed by atoms with Gasteiger partial charge in [-0.1, -0.05) is 48.9 Å². The van der Waals surface area contributed by atoms with E-state index in [0.29, 0.717) is 11.6 Å². The van der Waals surface area contributed by atoms with Crippen molar-refractivity contribution in [3.05, 3.63) is 40.5 Å². The third-order valence-electron chi connectivity index (χ3n) is 3.07. The average molecular weight is 331 g/mol. The minimum Gasteiger partial charge on any atom is -0.279 e.